The average molecular weight is 351 g/mol. The average Bonchev–Trinajstić information content (AvgIpc) is 3.10. The fraction of sp³-hybridized carbons (Fsp3) is 0.917. The van der Waals surface area contributed by atoms with E-state index >= 15 is 0 Å². The van der Waals surface area contributed by atoms with Crippen LogP contribution in [0.1, 0.15) is 6.42 Å². The van der Waals surface area contributed by atoms with Gasteiger partial charge in [0.2, 0.25) is 0 Å². The van der Waals surface area contributed by atoms with Crippen molar-refractivity contribution >= 4 is 34.7 Å². The first-order valence-electron chi connectivity index (χ1n) is 6.82. The Morgan fingerprint density at radius 1 is 1.42 bits per heavy atom. The first-order chi connectivity index (χ1) is 8.89. The molecule has 0 amide bonds. The van der Waals surface area contributed by atoms with Crippen LogP contribution >= 0.6 is 28.7 Å². The molecular formula is C12H23BrN4OS. The number of hydrogen-bond donors (Lipinski definition) is 2. The largest absolute Gasteiger partial charge is 0.379 e. The van der Waals surface area contributed by atoms with Crippen LogP contribution in [0.15, 0.2) is 4.99 Å². The van der Waals surface area contributed by atoms with Gasteiger partial charge in [-0.05, 0) is 12.2 Å². The highest BCUT2D eigenvalue weighted by atomic mass is 79.9. The summed E-state index contributed by atoms with van der Waals surface area (Å²) in [5, 5.41) is 6.79. The minimum Gasteiger partial charge on any atom is -0.379 e. The van der Waals surface area contributed by atoms with E-state index in [0.29, 0.717) is 5.54 Å². The van der Waals surface area contributed by atoms with E-state index < -0.39 is 0 Å². The van der Waals surface area contributed by atoms with Crippen molar-refractivity contribution in [2.24, 2.45) is 4.99 Å². The van der Waals surface area contributed by atoms with Gasteiger partial charge in [0, 0.05) is 37.5 Å². The van der Waals surface area contributed by atoms with E-state index in [-0.39, 0.29) is 17.0 Å². The molecule has 0 bridgehead atoms. The molecule has 7 heteroatoms. The molecular weight excluding hydrogens is 328 g/mol. The van der Waals surface area contributed by atoms with Gasteiger partial charge in [0.25, 0.3) is 0 Å². The number of aliphatic imine (C=N–C) groups is 1. The number of nitrogens with zero attached hydrogens (tertiary/aromatic N) is 2. The second-order valence-corrected chi connectivity index (χ2v) is 6.24. The zero-order chi connectivity index (χ0) is 12.3. The molecule has 0 aliphatic carbocycles. The van der Waals surface area contributed by atoms with E-state index in [9.17, 15) is 0 Å². The molecule has 0 aromatic carbocycles. The van der Waals surface area contributed by atoms with Crippen LogP contribution < -0.4 is 10.6 Å². The number of ether oxygens (including phenoxy) is 1. The molecule has 0 aromatic heterocycles. The van der Waals surface area contributed by atoms with Crippen molar-refractivity contribution in [2.75, 3.05) is 57.4 Å². The molecule has 5 nitrogen and oxygen atoms in total. The summed E-state index contributed by atoms with van der Waals surface area (Å²) in [6, 6.07) is 0. The predicted molar refractivity (Wildman–Crippen MR) is 85.7 cm³/mol. The van der Waals surface area contributed by atoms with Crippen LogP contribution in [0, 0.1) is 0 Å². The number of rotatable bonds is 3. The van der Waals surface area contributed by atoms with Gasteiger partial charge in [-0.1, -0.05) is 0 Å². The summed E-state index contributed by atoms with van der Waals surface area (Å²) in [6.07, 6.45) is 1.28. The highest BCUT2D eigenvalue weighted by molar-refractivity contribution is 8.93. The Kier molecular flexibility index (Phi) is 5.80. The molecule has 1 atom stereocenters. The molecule has 2 saturated heterocycles. The Morgan fingerprint density at radius 3 is 2.89 bits per heavy atom. The lowest BCUT2D eigenvalue weighted by molar-refractivity contribution is -0.0120. The summed E-state index contributed by atoms with van der Waals surface area (Å²) in [7, 11) is 0. The molecule has 3 aliphatic heterocycles. The van der Waals surface area contributed by atoms with Crippen LogP contribution in [-0.4, -0.2) is 73.8 Å². The SMILES string of the molecule is Br.C1CNC(NCC2(N3CCOCC3)CCSC2)=N1. The van der Waals surface area contributed by atoms with Gasteiger partial charge in [-0.2, -0.15) is 11.8 Å². The van der Waals surface area contributed by atoms with Crippen molar-refractivity contribution in [3.8, 4) is 0 Å². The zero-order valence-electron chi connectivity index (χ0n) is 11.2. The quantitative estimate of drug-likeness (QED) is 0.767. The van der Waals surface area contributed by atoms with E-state index in [1.54, 1.807) is 0 Å². The molecule has 0 spiro atoms. The lowest BCUT2D eigenvalue weighted by atomic mass is 9.95. The van der Waals surface area contributed by atoms with Crippen LogP contribution in [0.4, 0.5) is 0 Å². The van der Waals surface area contributed by atoms with Crippen molar-refractivity contribution < 1.29 is 4.74 Å². The standard InChI is InChI=1S/C12H22N4OS.BrH/c1-8-18-10-12(1,16-4-6-17-7-5-16)9-15-11-13-2-3-14-11;/h1-10H2,(H2,13,14,15);1H. The predicted octanol–water partition coefficient (Wildman–Crippen LogP) is 0.321. The minimum absolute atomic E-state index is 0. The molecule has 0 aromatic rings. The minimum atomic E-state index is 0. The molecule has 2 N–H and O–H groups in total. The van der Waals surface area contributed by atoms with E-state index in [1.807, 2.05) is 0 Å². The van der Waals surface area contributed by atoms with Crippen molar-refractivity contribution in [2.45, 2.75) is 12.0 Å². The van der Waals surface area contributed by atoms with Gasteiger partial charge in [0.1, 0.15) is 0 Å². The molecule has 1 unspecified atom stereocenters. The van der Waals surface area contributed by atoms with Gasteiger partial charge in [-0.25, -0.2) is 0 Å². The Labute approximate surface area is 129 Å². The lowest BCUT2D eigenvalue weighted by Gasteiger charge is -2.43. The normalized spacial score (nSPS) is 31.5. The van der Waals surface area contributed by atoms with Gasteiger partial charge in [0.05, 0.1) is 19.8 Å². The summed E-state index contributed by atoms with van der Waals surface area (Å²) in [6.45, 7) is 6.79. The third kappa shape index (κ3) is 3.56. The van der Waals surface area contributed by atoms with Gasteiger partial charge >= 0.3 is 0 Å². The second-order valence-electron chi connectivity index (χ2n) is 5.14. The fourth-order valence-corrected chi connectivity index (χ4v) is 4.38. The summed E-state index contributed by atoms with van der Waals surface area (Å²) >= 11 is 2.07. The topological polar surface area (TPSA) is 48.9 Å². The highest BCUT2D eigenvalue weighted by Gasteiger charge is 2.40. The third-order valence-corrected chi connectivity index (χ3v) is 5.26. The maximum absolute atomic E-state index is 5.48. The molecule has 110 valence electrons. The van der Waals surface area contributed by atoms with Crippen molar-refractivity contribution in [1.29, 1.82) is 0 Å². The van der Waals surface area contributed by atoms with Gasteiger partial charge in [0.15, 0.2) is 5.96 Å². The number of morpholine rings is 1. The smallest absolute Gasteiger partial charge is 0.191 e. The number of thioether (sulfide) groups is 1. The summed E-state index contributed by atoms with van der Waals surface area (Å²) in [5.74, 6) is 3.49. The van der Waals surface area contributed by atoms with Crippen molar-refractivity contribution in [3.05, 3.63) is 0 Å². The molecule has 0 saturated carbocycles. The number of nitrogens with one attached hydrogen (secondary N) is 2. The molecule has 3 heterocycles. The monoisotopic (exact) mass is 350 g/mol. The van der Waals surface area contributed by atoms with Crippen molar-refractivity contribution in [1.82, 2.24) is 15.5 Å². The second kappa shape index (κ2) is 7.15. The van der Waals surface area contributed by atoms with Crippen molar-refractivity contribution in [3.63, 3.8) is 0 Å². The summed E-state index contributed by atoms with van der Waals surface area (Å²) < 4.78 is 5.48. The van der Waals surface area contributed by atoms with E-state index in [4.69, 9.17) is 4.74 Å². The number of hydrogen-bond acceptors (Lipinski definition) is 6. The Balaban J connectivity index is 0.00000133. The summed E-state index contributed by atoms with van der Waals surface area (Å²) in [4.78, 5) is 7.04. The zero-order valence-corrected chi connectivity index (χ0v) is 13.7. The number of halogens is 1. The molecule has 2 fully saturated rings. The Bertz CT molecular complexity index is 317. The van der Waals surface area contributed by atoms with E-state index in [1.165, 1.54) is 17.9 Å². The summed E-state index contributed by atoms with van der Waals surface area (Å²) in [5.41, 5.74) is 0.307. The fourth-order valence-electron chi connectivity index (χ4n) is 2.90. The van der Waals surface area contributed by atoms with E-state index in [2.05, 4.69) is 32.3 Å². The molecule has 19 heavy (non-hydrogen) atoms. The van der Waals surface area contributed by atoms with Gasteiger partial charge in [-0.3, -0.25) is 9.89 Å². The number of guanidine groups is 1. The molecule has 3 rings (SSSR count). The van der Waals surface area contributed by atoms with Crippen LogP contribution in [-0.2, 0) is 4.74 Å². The Hall–Kier alpha value is 0.0200. The molecule has 3 aliphatic rings. The lowest BCUT2D eigenvalue weighted by Crippen LogP contribution is -2.59. The Morgan fingerprint density at radius 2 is 2.26 bits per heavy atom. The van der Waals surface area contributed by atoms with Crippen LogP contribution in [0.25, 0.3) is 0 Å². The maximum atomic E-state index is 5.48. The van der Waals surface area contributed by atoms with Crippen LogP contribution in [0.2, 0.25) is 0 Å². The van der Waals surface area contributed by atoms with Crippen LogP contribution in [0.3, 0.4) is 0 Å². The highest BCUT2D eigenvalue weighted by Crippen LogP contribution is 2.33. The van der Waals surface area contributed by atoms with Gasteiger partial charge in [-0.15, -0.1) is 17.0 Å². The third-order valence-electron chi connectivity index (χ3n) is 4.02. The van der Waals surface area contributed by atoms with E-state index in [0.717, 1.165) is 51.9 Å². The maximum Gasteiger partial charge on any atom is 0.191 e. The van der Waals surface area contributed by atoms with Crippen LogP contribution in [0.5, 0.6) is 0 Å². The first kappa shape index (κ1) is 15.4. The first-order valence-corrected chi connectivity index (χ1v) is 7.97. The molecule has 0 radical (unpaired) electrons. The van der Waals surface area contributed by atoms with Gasteiger partial charge < -0.3 is 15.4 Å².